The molecule has 1 amide bonds. The Morgan fingerprint density at radius 1 is 1.35 bits per heavy atom. The monoisotopic (exact) mass is 384 g/mol. The quantitative estimate of drug-likeness (QED) is 0.870. The van der Waals surface area contributed by atoms with Crippen LogP contribution in [0, 0.1) is 17.6 Å². The van der Waals surface area contributed by atoms with E-state index in [-0.39, 0.29) is 17.1 Å². The maximum atomic E-state index is 13.7. The molecule has 2 aromatic rings. The van der Waals surface area contributed by atoms with Gasteiger partial charge in [0.1, 0.15) is 16.5 Å². The van der Waals surface area contributed by atoms with E-state index in [9.17, 15) is 22.0 Å². The first kappa shape index (κ1) is 18.5. The van der Waals surface area contributed by atoms with Gasteiger partial charge >= 0.3 is 0 Å². The average Bonchev–Trinajstić information content (AvgIpc) is 3.05. The molecule has 1 fully saturated rings. The number of nitrogens with zero attached hydrogens (tertiary/aromatic N) is 3. The smallest absolute Gasteiger partial charge is 0.246 e. The minimum absolute atomic E-state index is 0.00806. The normalized spacial score (nSPS) is 18.7. The molecule has 1 aliphatic rings. The van der Waals surface area contributed by atoms with Crippen LogP contribution in [0.5, 0.6) is 0 Å². The number of hydrogen-bond donors (Lipinski definition) is 1. The predicted octanol–water partition coefficient (Wildman–Crippen LogP) is 1.74. The van der Waals surface area contributed by atoms with Crippen molar-refractivity contribution in [2.75, 3.05) is 18.4 Å². The average molecular weight is 384 g/mol. The van der Waals surface area contributed by atoms with Gasteiger partial charge < -0.3 is 5.32 Å². The van der Waals surface area contributed by atoms with Crippen molar-refractivity contribution in [1.29, 1.82) is 0 Å². The van der Waals surface area contributed by atoms with E-state index in [1.54, 1.807) is 7.05 Å². The molecule has 1 atom stereocenters. The number of halogens is 2. The Morgan fingerprint density at radius 3 is 2.77 bits per heavy atom. The summed E-state index contributed by atoms with van der Waals surface area (Å²) in [6.07, 6.45) is 3.64. The van der Waals surface area contributed by atoms with E-state index in [4.69, 9.17) is 0 Å². The van der Waals surface area contributed by atoms with Crippen LogP contribution < -0.4 is 5.32 Å². The van der Waals surface area contributed by atoms with Gasteiger partial charge in [0.05, 0.1) is 17.8 Å². The minimum atomic E-state index is -3.75. The molecule has 140 valence electrons. The molecule has 1 saturated heterocycles. The maximum absolute atomic E-state index is 13.7. The number of piperidine rings is 1. The Kier molecular flexibility index (Phi) is 5.05. The maximum Gasteiger partial charge on any atom is 0.246 e. The number of aryl methyl sites for hydroxylation is 1. The van der Waals surface area contributed by atoms with Crippen molar-refractivity contribution in [3.63, 3.8) is 0 Å². The molecule has 1 aromatic heterocycles. The number of hydrogen-bond acceptors (Lipinski definition) is 4. The second-order valence-corrected chi connectivity index (χ2v) is 8.10. The largest absolute Gasteiger partial charge is 0.323 e. The Bertz CT molecular complexity index is 929. The number of amides is 1. The van der Waals surface area contributed by atoms with Gasteiger partial charge in [0.25, 0.3) is 0 Å². The van der Waals surface area contributed by atoms with Crippen LogP contribution in [0.4, 0.5) is 14.5 Å². The lowest BCUT2D eigenvalue weighted by molar-refractivity contribution is -0.120. The first-order valence-electron chi connectivity index (χ1n) is 8.02. The molecule has 0 unspecified atom stereocenters. The van der Waals surface area contributed by atoms with Crippen molar-refractivity contribution in [2.24, 2.45) is 13.0 Å². The van der Waals surface area contributed by atoms with Crippen LogP contribution in [-0.4, -0.2) is 41.5 Å². The summed E-state index contributed by atoms with van der Waals surface area (Å²) in [7, 11) is -2.13. The summed E-state index contributed by atoms with van der Waals surface area (Å²) in [6.45, 7) is 0.289. The Balaban J connectivity index is 1.72. The molecule has 2 heterocycles. The molecule has 1 aromatic carbocycles. The fourth-order valence-electron chi connectivity index (χ4n) is 2.88. The summed E-state index contributed by atoms with van der Waals surface area (Å²) < 4.78 is 54.6. The van der Waals surface area contributed by atoms with Crippen LogP contribution in [-0.2, 0) is 21.9 Å². The predicted molar refractivity (Wildman–Crippen MR) is 89.7 cm³/mol. The fraction of sp³-hybridized carbons (Fsp3) is 0.375. The molecule has 0 aliphatic carbocycles. The zero-order chi connectivity index (χ0) is 18.9. The minimum Gasteiger partial charge on any atom is -0.323 e. The lowest BCUT2D eigenvalue weighted by Crippen LogP contribution is -2.43. The number of carbonyl (C=O) groups excluding carboxylic acids is 1. The summed E-state index contributed by atoms with van der Waals surface area (Å²) >= 11 is 0. The van der Waals surface area contributed by atoms with Gasteiger partial charge in [0.2, 0.25) is 15.9 Å². The molecule has 7 nitrogen and oxygen atoms in total. The molecule has 0 bridgehead atoms. The lowest BCUT2D eigenvalue weighted by Gasteiger charge is -2.30. The van der Waals surface area contributed by atoms with Gasteiger partial charge in [0, 0.05) is 32.4 Å². The van der Waals surface area contributed by atoms with Crippen molar-refractivity contribution in [3.8, 4) is 0 Å². The van der Waals surface area contributed by atoms with E-state index in [0.717, 1.165) is 12.1 Å². The molecule has 26 heavy (non-hydrogen) atoms. The number of rotatable bonds is 4. The third-order valence-electron chi connectivity index (χ3n) is 4.26. The van der Waals surface area contributed by atoms with Crippen LogP contribution >= 0.6 is 0 Å². The fourth-order valence-corrected chi connectivity index (χ4v) is 4.39. The summed E-state index contributed by atoms with van der Waals surface area (Å²) in [5, 5.41) is 6.27. The number of anilines is 1. The van der Waals surface area contributed by atoms with Crippen molar-refractivity contribution in [1.82, 2.24) is 14.1 Å². The van der Waals surface area contributed by atoms with Gasteiger partial charge in [-0.25, -0.2) is 17.2 Å². The number of benzene rings is 1. The Labute approximate surface area is 149 Å². The van der Waals surface area contributed by atoms with Gasteiger partial charge in [-0.3, -0.25) is 9.48 Å². The van der Waals surface area contributed by atoms with Crippen molar-refractivity contribution in [2.45, 2.75) is 17.7 Å². The molecular formula is C16H18F2N4O3S. The highest BCUT2D eigenvalue weighted by atomic mass is 32.2. The zero-order valence-corrected chi connectivity index (χ0v) is 14.8. The van der Waals surface area contributed by atoms with Crippen LogP contribution in [0.2, 0.25) is 0 Å². The van der Waals surface area contributed by atoms with Gasteiger partial charge in [-0.1, -0.05) is 0 Å². The number of sulfonamides is 1. The van der Waals surface area contributed by atoms with Crippen molar-refractivity contribution >= 4 is 21.6 Å². The molecule has 0 spiro atoms. The van der Waals surface area contributed by atoms with Crippen molar-refractivity contribution in [3.05, 3.63) is 42.2 Å². The van der Waals surface area contributed by atoms with E-state index >= 15 is 0 Å². The van der Waals surface area contributed by atoms with Crippen LogP contribution in [0.3, 0.4) is 0 Å². The summed E-state index contributed by atoms with van der Waals surface area (Å²) in [5.41, 5.74) is -0.136. The van der Waals surface area contributed by atoms with Crippen LogP contribution in [0.25, 0.3) is 0 Å². The van der Waals surface area contributed by atoms with Gasteiger partial charge in [-0.15, -0.1) is 0 Å². The number of carbonyl (C=O) groups is 1. The highest BCUT2D eigenvalue weighted by molar-refractivity contribution is 7.89. The molecular weight excluding hydrogens is 366 g/mol. The van der Waals surface area contributed by atoms with Gasteiger partial charge in [-0.2, -0.15) is 9.40 Å². The summed E-state index contributed by atoms with van der Waals surface area (Å²) in [5.74, 6) is -2.75. The number of aromatic nitrogens is 2. The third kappa shape index (κ3) is 3.75. The standard InChI is InChI=1S/C16H18F2N4O3S/c1-21-10-13(8-19-21)26(24,25)22-6-2-3-11(9-22)16(23)20-15-5-4-12(17)7-14(15)18/h4-5,7-8,10-11H,2-3,6,9H2,1H3,(H,20,23)/t11-/m1/s1. The van der Waals surface area contributed by atoms with E-state index in [0.29, 0.717) is 25.5 Å². The molecule has 0 radical (unpaired) electrons. The summed E-state index contributed by atoms with van der Waals surface area (Å²) in [4.78, 5) is 12.5. The van der Waals surface area contributed by atoms with Gasteiger partial charge in [0.15, 0.2) is 0 Å². The zero-order valence-electron chi connectivity index (χ0n) is 14.0. The molecule has 0 saturated carbocycles. The Hall–Kier alpha value is -2.33. The first-order valence-corrected chi connectivity index (χ1v) is 9.46. The number of nitrogens with one attached hydrogen (secondary N) is 1. The highest BCUT2D eigenvalue weighted by Crippen LogP contribution is 2.25. The van der Waals surface area contributed by atoms with E-state index in [1.807, 2.05) is 0 Å². The molecule has 3 rings (SSSR count). The first-order chi connectivity index (χ1) is 12.3. The van der Waals surface area contributed by atoms with E-state index in [1.165, 1.54) is 21.4 Å². The van der Waals surface area contributed by atoms with E-state index < -0.39 is 33.5 Å². The van der Waals surface area contributed by atoms with Crippen molar-refractivity contribution < 1.29 is 22.0 Å². The van der Waals surface area contributed by atoms with Crippen LogP contribution in [0.15, 0.2) is 35.5 Å². The van der Waals surface area contributed by atoms with Gasteiger partial charge in [-0.05, 0) is 25.0 Å². The highest BCUT2D eigenvalue weighted by Gasteiger charge is 2.34. The second kappa shape index (κ2) is 7.12. The molecule has 1 aliphatic heterocycles. The van der Waals surface area contributed by atoms with E-state index in [2.05, 4.69) is 10.4 Å². The molecule has 10 heteroatoms. The Morgan fingerprint density at radius 2 is 2.12 bits per heavy atom. The molecule has 1 N–H and O–H groups in total. The lowest BCUT2D eigenvalue weighted by atomic mass is 9.98. The summed E-state index contributed by atoms with van der Waals surface area (Å²) in [6, 6.07) is 2.85. The topological polar surface area (TPSA) is 84.3 Å². The SMILES string of the molecule is Cn1cc(S(=O)(=O)N2CCC[C@@H](C(=O)Nc3ccc(F)cc3F)C2)cn1. The second-order valence-electron chi connectivity index (χ2n) is 6.17. The third-order valence-corrected chi connectivity index (χ3v) is 6.08. The van der Waals surface area contributed by atoms with Crippen LogP contribution in [0.1, 0.15) is 12.8 Å².